The molecule has 0 spiro atoms. The van der Waals surface area contributed by atoms with Gasteiger partial charge in [0.1, 0.15) is 12.6 Å². The summed E-state index contributed by atoms with van der Waals surface area (Å²) in [6.45, 7) is 0.759. The first-order valence-corrected chi connectivity index (χ1v) is 9.16. The van der Waals surface area contributed by atoms with Crippen molar-refractivity contribution in [2.75, 3.05) is 13.2 Å². The molecule has 1 aromatic carbocycles. The first-order chi connectivity index (χ1) is 12.2. The maximum absolute atomic E-state index is 12.8. The van der Waals surface area contributed by atoms with E-state index < -0.39 is 6.04 Å². The van der Waals surface area contributed by atoms with Crippen molar-refractivity contribution in [2.24, 2.45) is 0 Å². The molecule has 3 aliphatic rings. The van der Waals surface area contributed by atoms with Crippen molar-refractivity contribution in [2.45, 2.75) is 56.4 Å². The molecule has 25 heavy (non-hydrogen) atoms. The van der Waals surface area contributed by atoms with E-state index in [0.29, 0.717) is 18.6 Å². The number of hydrogen-bond acceptors (Lipinski definition) is 4. The molecule has 2 amide bonds. The lowest BCUT2D eigenvalue weighted by molar-refractivity contribution is -0.156. The molecule has 134 valence electrons. The van der Waals surface area contributed by atoms with E-state index in [1.54, 1.807) is 4.90 Å². The van der Waals surface area contributed by atoms with Gasteiger partial charge in [-0.15, -0.1) is 0 Å². The molecular weight excluding hydrogens is 318 g/mol. The highest BCUT2D eigenvalue weighted by Gasteiger charge is 2.38. The molecule has 0 radical (unpaired) electrons. The number of nitrogens with zero attached hydrogens (tertiary/aromatic N) is 1. The number of hydrogen-bond donors (Lipinski definition) is 2. The number of amides is 2. The summed E-state index contributed by atoms with van der Waals surface area (Å²) in [6.07, 6.45) is 4.34. The van der Waals surface area contributed by atoms with Gasteiger partial charge in [0.15, 0.2) is 0 Å². The zero-order valence-corrected chi connectivity index (χ0v) is 14.3. The van der Waals surface area contributed by atoms with Gasteiger partial charge in [0, 0.05) is 24.7 Å². The van der Waals surface area contributed by atoms with Crippen LogP contribution in [-0.2, 0) is 20.9 Å². The van der Waals surface area contributed by atoms with E-state index in [1.165, 1.54) is 12.8 Å². The average molecular weight is 343 g/mol. The monoisotopic (exact) mass is 343 g/mol. The molecule has 6 nitrogen and oxygen atoms in total. The van der Waals surface area contributed by atoms with Gasteiger partial charge in [-0.3, -0.25) is 9.59 Å². The van der Waals surface area contributed by atoms with Crippen molar-refractivity contribution in [3.05, 3.63) is 35.9 Å². The topological polar surface area (TPSA) is 70.7 Å². The molecule has 2 N–H and O–H groups in total. The van der Waals surface area contributed by atoms with Crippen molar-refractivity contribution in [1.29, 1.82) is 0 Å². The highest BCUT2D eigenvalue weighted by atomic mass is 16.5. The van der Waals surface area contributed by atoms with Crippen LogP contribution in [0.3, 0.4) is 0 Å². The number of benzene rings is 1. The van der Waals surface area contributed by atoms with Crippen molar-refractivity contribution < 1.29 is 14.3 Å². The summed E-state index contributed by atoms with van der Waals surface area (Å²) < 4.78 is 5.36. The largest absolute Gasteiger partial charge is 0.369 e. The molecule has 3 saturated heterocycles. The molecule has 3 aliphatic heterocycles. The summed E-state index contributed by atoms with van der Waals surface area (Å²) in [6, 6.07) is 10.5. The number of ether oxygens (including phenoxy) is 1. The molecule has 0 aliphatic carbocycles. The molecule has 3 heterocycles. The standard InChI is InChI=1S/C19H25N3O3/c23-18-12-25-11-17(22(18)10-13-4-2-1-3-5-13)19(24)21-16-8-14-6-7-15(9-16)20-14/h1-5,14-17,20H,6-12H2,(H,21,24)/t14?,15?,16?,17-/m1/s1. The Bertz CT molecular complexity index is 624. The maximum Gasteiger partial charge on any atom is 0.249 e. The van der Waals surface area contributed by atoms with Crippen LogP contribution in [0.15, 0.2) is 30.3 Å². The minimum Gasteiger partial charge on any atom is -0.369 e. The normalized spacial score (nSPS) is 31.8. The highest BCUT2D eigenvalue weighted by Crippen LogP contribution is 2.27. The molecule has 0 saturated carbocycles. The van der Waals surface area contributed by atoms with Crippen LogP contribution >= 0.6 is 0 Å². The fourth-order valence-corrected chi connectivity index (χ4v) is 4.27. The van der Waals surface area contributed by atoms with Gasteiger partial charge < -0.3 is 20.3 Å². The predicted molar refractivity (Wildman–Crippen MR) is 92.7 cm³/mol. The van der Waals surface area contributed by atoms with Gasteiger partial charge in [0.25, 0.3) is 0 Å². The molecular formula is C19H25N3O3. The lowest BCUT2D eigenvalue weighted by atomic mass is 9.99. The van der Waals surface area contributed by atoms with Gasteiger partial charge in [-0.2, -0.15) is 0 Å². The number of morpholine rings is 1. The van der Waals surface area contributed by atoms with E-state index in [4.69, 9.17) is 4.74 Å². The lowest BCUT2D eigenvalue weighted by Gasteiger charge is -2.36. The van der Waals surface area contributed by atoms with E-state index in [9.17, 15) is 9.59 Å². The van der Waals surface area contributed by atoms with Crippen LogP contribution in [0.25, 0.3) is 0 Å². The van der Waals surface area contributed by atoms with Crippen LogP contribution in [0.2, 0.25) is 0 Å². The Morgan fingerprint density at radius 2 is 1.92 bits per heavy atom. The third-order valence-corrected chi connectivity index (χ3v) is 5.52. The molecule has 2 unspecified atom stereocenters. The summed E-state index contributed by atoms with van der Waals surface area (Å²) in [5, 5.41) is 6.75. The predicted octanol–water partition coefficient (Wildman–Crippen LogP) is 0.813. The third kappa shape index (κ3) is 3.70. The van der Waals surface area contributed by atoms with Crippen LogP contribution in [-0.4, -0.2) is 54.1 Å². The Kier molecular flexibility index (Phi) is 4.72. The van der Waals surface area contributed by atoms with Gasteiger partial charge in [-0.1, -0.05) is 30.3 Å². The Morgan fingerprint density at radius 1 is 1.20 bits per heavy atom. The number of fused-ring (bicyclic) bond motifs is 2. The van der Waals surface area contributed by atoms with Gasteiger partial charge in [0.2, 0.25) is 11.8 Å². The van der Waals surface area contributed by atoms with Gasteiger partial charge in [-0.25, -0.2) is 0 Å². The lowest BCUT2D eigenvalue weighted by Crippen LogP contribution is -2.58. The van der Waals surface area contributed by atoms with Crippen LogP contribution in [0.1, 0.15) is 31.2 Å². The minimum atomic E-state index is -0.547. The van der Waals surface area contributed by atoms with Gasteiger partial charge in [0.05, 0.1) is 6.61 Å². The van der Waals surface area contributed by atoms with Crippen LogP contribution in [0.5, 0.6) is 0 Å². The van der Waals surface area contributed by atoms with Crippen molar-refractivity contribution in [3.63, 3.8) is 0 Å². The smallest absolute Gasteiger partial charge is 0.249 e. The van der Waals surface area contributed by atoms with Crippen molar-refractivity contribution >= 4 is 11.8 Å². The molecule has 0 aromatic heterocycles. The molecule has 3 fully saturated rings. The second-order valence-electron chi connectivity index (χ2n) is 7.35. The fourth-order valence-electron chi connectivity index (χ4n) is 4.27. The summed E-state index contributed by atoms with van der Waals surface area (Å²) >= 11 is 0. The zero-order valence-electron chi connectivity index (χ0n) is 14.3. The average Bonchev–Trinajstić information content (AvgIpc) is 2.96. The maximum atomic E-state index is 12.8. The molecule has 2 bridgehead atoms. The summed E-state index contributed by atoms with van der Waals surface area (Å²) in [5.41, 5.74) is 1.02. The first-order valence-electron chi connectivity index (χ1n) is 9.16. The van der Waals surface area contributed by atoms with Crippen molar-refractivity contribution in [1.82, 2.24) is 15.5 Å². The SMILES string of the molecule is O=C(NC1CC2CCC(C1)N2)[C@H]1COCC(=O)N1Cc1ccccc1. The number of carbonyl (C=O) groups is 2. The number of carbonyl (C=O) groups excluding carboxylic acids is 2. The number of rotatable bonds is 4. The van der Waals surface area contributed by atoms with Crippen molar-refractivity contribution in [3.8, 4) is 0 Å². The van der Waals surface area contributed by atoms with Crippen LogP contribution in [0, 0.1) is 0 Å². The molecule has 4 rings (SSSR count). The second-order valence-corrected chi connectivity index (χ2v) is 7.35. The van der Waals surface area contributed by atoms with E-state index in [-0.39, 0.29) is 31.1 Å². The Morgan fingerprint density at radius 3 is 2.64 bits per heavy atom. The Balaban J connectivity index is 1.42. The highest BCUT2D eigenvalue weighted by molar-refractivity contribution is 5.89. The Labute approximate surface area is 147 Å². The van der Waals surface area contributed by atoms with E-state index >= 15 is 0 Å². The molecule has 6 heteroatoms. The van der Waals surface area contributed by atoms with E-state index in [2.05, 4.69) is 10.6 Å². The quantitative estimate of drug-likeness (QED) is 0.849. The number of piperidine rings is 1. The zero-order chi connectivity index (χ0) is 17.2. The van der Waals surface area contributed by atoms with Gasteiger partial charge in [-0.05, 0) is 31.2 Å². The van der Waals surface area contributed by atoms with Gasteiger partial charge >= 0.3 is 0 Å². The fraction of sp³-hybridized carbons (Fsp3) is 0.579. The number of nitrogens with one attached hydrogen (secondary N) is 2. The van der Waals surface area contributed by atoms with E-state index in [1.807, 2.05) is 30.3 Å². The summed E-state index contributed by atoms with van der Waals surface area (Å²) in [5.74, 6) is -0.212. The minimum absolute atomic E-state index is 0.0497. The van der Waals surface area contributed by atoms with Crippen LogP contribution < -0.4 is 10.6 Å². The van der Waals surface area contributed by atoms with Crippen LogP contribution in [0.4, 0.5) is 0 Å². The van der Waals surface area contributed by atoms with E-state index in [0.717, 1.165) is 18.4 Å². The molecule has 3 atom stereocenters. The molecule has 1 aromatic rings. The summed E-state index contributed by atoms with van der Waals surface area (Å²) in [4.78, 5) is 26.8. The summed E-state index contributed by atoms with van der Waals surface area (Å²) in [7, 11) is 0. The second kappa shape index (κ2) is 7.14. The Hall–Kier alpha value is -1.92. The third-order valence-electron chi connectivity index (χ3n) is 5.52. The first kappa shape index (κ1) is 16.5.